The molecule has 0 aliphatic rings. The quantitative estimate of drug-likeness (QED) is 0.697. The van der Waals surface area contributed by atoms with Crippen LogP contribution in [0, 0.1) is 0 Å². The van der Waals surface area contributed by atoms with Crippen molar-refractivity contribution in [2.75, 3.05) is 5.32 Å². The van der Waals surface area contributed by atoms with Crippen LogP contribution in [0.4, 0.5) is 5.69 Å². The van der Waals surface area contributed by atoms with Gasteiger partial charge in [0.1, 0.15) is 4.34 Å². The Morgan fingerprint density at radius 1 is 1.21 bits per heavy atom. The number of nitrogens with one attached hydrogen (secondary N) is 1. The number of halogens is 2. The largest absolute Gasteiger partial charge is 0.326 e. The van der Waals surface area contributed by atoms with Gasteiger partial charge in [-0.2, -0.15) is 4.99 Å². The predicted octanol–water partition coefficient (Wildman–Crippen LogP) is 4.31. The molecule has 0 unspecified atom stereocenters. The van der Waals surface area contributed by atoms with Gasteiger partial charge < -0.3 is 9.88 Å². The van der Waals surface area contributed by atoms with Crippen molar-refractivity contribution in [3.8, 4) is 0 Å². The van der Waals surface area contributed by atoms with Gasteiger partial charge in [0.05, 0.1) is 20.1 Å². The molecule has 9 heteroatoms. The highest BCUT2D eigenvalue weighted by Gasteiger charge is 2.14. The number of thiophene rings is 1. The number of amides is 2. The van der Waals surface area contributed by atoms with E-state index >= 15 is 0 Å². The Bertz CT molecular complexity index is 1030. The minimum absolute atomic E-state index is 0.139. The normalized spacial score (nSPS) is 11.9. The number of benzene rings is 1. The number of thiazole rings is 1. The maximum atomic E-state index is 12.3. The second kappa shape index (κ2) is 6.68. The molecule has 5 nitrogen and oxygen atoms in total. The lowest BCUT2D eigenvalue weighted by molar-refractivity contribution is -0.114. The number of rotatable bonds is 2. The minimum atomic E-state index is -0.438. The van der Waals surface area contributed by atoms with E-state index in [1.807, 2.05) is 23.7 Å². The van der Waals surface area contributed by atoms with Gasteiger partial charge in [-0.25, -0.2) is 0 Å². The molecule has 24 heavy (non-hydrogen) atoms. The van der Waals surface area contributed by atoms with Crippen LogP contribution in [0.5, 0.6) is 0 Å². The molecule has 0 aliphatic carbocycles. The number of carbonyl (C=O) groups excluding carboxylic acids is 2. The number of aromatic nitrogens is 1. The summed E-state index contributed by atoms with van der Waals surface area (Å²) in [4.78, 5) is 28.2. The van der Waals surface area contributed by atoms with Gasteiger partial charge in [0.15, 0.2) is 4.80 Å². The van der Waals surface area contributed by atoms with Crippen molar-refractivity contribution < 1.29 is 9.59 Å². The zero-order valence-corrected chi connectivity index (χ0v) is 15.7. The molecule has 2 aromatic heterocycles. The number of fused-ring (bicyclic) bond motifs is 1. The summed E-state index contributed by atoms with van der Waals surface area (Å²) in [5.74, 6) is -0.577. The van der Waals surface area contributed by atoms with Gasteiger partial charge in [0, 0.05) is 19.7 Å². The summed E-state index contributed by atoms with van der Waals surface area (Å²) in [7, 11) is 1.82. The van der Waals surface area contributed by atoms with Gasteiger partial charge in [-0.15, -0.1) is 11.3 Å². The van der Waals surface area contributed by atoms with Crippen LogP contribution in [0.3, 0.4) is 0 Å². The van der Waals surface area contributed by atoms with Crippen molar-refractivity contribution >= 4 is 73.6 Å². The fraction of sp³-hybridized carbons (Fsp3) is 0.133. The Labute approximate surface area is 155 Å². The molecule has 1 N–H and O–H groups in total. The Hall–Kier alpha value is -1.67. The van der Waals surface area contributed by atoms with E-state index in [0.717, 1.165) is 21.6 Å². The molecule has 0 saturated heterocycles. The number of hydrogen-bond donors (Lipinski definition) is 1. The fourth-order valence-electron chi connectivity index (χ4n) is 2.15. The average molecular weight is 400 g/mol. The summed E-state index contributed by atoms with van der Waals surface area (Å²) in [5, 5.41) is 2.73. The summed E-state index contributed by atoms with van der Waals surface area (Å²) in [6.45, 7) is 1.45. The summed E-state index contributed by atoms with van der Waals surface area (Å²) in [6, 6.07) is 7.04. The molecule has 3 rings (SSSR count). The predicted molar refractivity (Wildman–Crippen MR) is 99.3 cm³/mol. The van der Waals surface area contributed by atoms with E-state index in [9.17, 15) is 9.59 Å². The number of anilines is 1. The molecule has 0 fully saturated rings. The van der Waals surface area contributed by atoms with Gasteiger partial charge in [-0.1, -0.05) is 34.5 Å². The Balaban J connectivity index is 2.06. The SMILES string of the molecule is CC(=O)Nc1ccc2c(c1)sc(=NC(=O)c1cc(Cl)sc1Cl)n2C. The lowest BCUT2D eigenvalue weighted by atomic mass is 10.3. The summed E-state index contributed by atoms with van der Waals surface area (Å²) >= 11 is 14.4. The molecule has 0 spiro atoms. The van der Waals surface area contributed by atoms with Crippen LogP contribution in [0.2, 0.25) is 8.67 Å². The van der Waals surface area contributed by atoms with E-state index in [1.54, 1.807) is 6.07 Å². The molecule has 3 aromatic rings. The Kier molecular flexibility index (Phi) is 4.78. The van der Waals surface area contributed by atoms with E-state index < -0.39 is 5.91 Å². The highest BCUT2D eigenvalue weighted by molar-refractivity contribution is 7.20. The van der Waals surface area contributed by atoms with Crippen LogP contribution in [0.1, 0.15) is 17.3 Å². The second-order valence-electron chi connectivity index (χ2n) is 4.96. The maximum absolute atomic E-state index is 12.3. The first-order valence-corrected chi connectivity index (χ1v) is 9.15. The molecule has 2 amide bonds. The Morgan fingerprint density at radius 3 is 2.58 bits per heavy atom. The molecule has 0 radical (unpaired) electrons. The van der Waals surface area contributed by atoms with Gasteiger partial charge >= 0.3 is 0 Å². The third-order valence-electron chi connectivity index (χ3n) is 3.21. The second-order valence-corrected chi connectivity index (χ2v) is 8.26. The average Bonchev–Trinajstić information content (AvgIpc) is 2.98. The summed E-state index contributed by atoms with van der Waals surface area (Å²) in [6.07, 6.45) is 0. The van der Waals surface area contributed by atoms with Crippen LogP contribution < -0.4 is 10.1 Å². The van der Waals surface area contributed by atoms with Gasteiger partial charge in [0.25, 0.3) is 5.91 Å². The van der Waals surface area contributed by atoms with E-state index in [1.165, 1.54) is 24.3 Å². The number of nitrogens with zero attached hydrogens (tertiary/aromatic N) is 2. The zero-order chi connectivity index (χ0) is 17.4. The Morgan fingerprint density at radius 2 is 1.96 bits per heavy atom. The van der Waals surface area contributed by atoms with Crippen LogP contribution >= 0.6 is 45.9 Å². The van der Waals surface area contributed by atoms with Crippen LogP contribution in [-0.4, -0.2) is 16.4 Å². The van der Waals surface area contributed by atoms with E-state index in [4.69, 9.17) is 23.2 Å². The molecule has 124 valence electrons. The fourth-order valence-corrected chi connectivity index (χ4v) is 4.66. The van der Waals surface area contributed by atoms with Gasteiger partial charge in [0.2, 0.25) is 5.91 Å². The highest BCUT2D eigenvalue weighted by Crippen LogP contribution is 2.31. The van der Waals surface area contributed by atoms with E-state index in [2.05, 4.69) is 10.3 Å². The monoisotopic (exact) mass is 399 g/mol. The van der Waals surface area contributed by atoms with Crippen LogP contribution in [0.25, 0.3) is 10.2 Å². The van der Waals surface area contributed by atoms with Gasteiger partial charge in [-0.3, -0.25) is 9.59 Å². The first-order chi connectivity index (χ1) is 11.3. The molecule has 2 heterocycles. The van der Waals surface area contributed by atoms with Crippen molar-refractivity contribution in [2.45, 2.75) is 6.92 Å². The standard InChI is InChI=1S/C15H11Cl2N3O2S2/c1-7(21)18-8-3-4-10-11(5-8)23-15(20(10)2)19-14(22)9-6-12(16)24-13(9)17/h3-6H,1-2H3,(H,18,21). The first kappa shape index (κ1) is 17.2. The van der Waals surface area contributed by atoms with Crippen molar-refractivity contribution in [2.24, 2.45) is 12.0 Å². The van der Waals surface area contributed by atoms with Crippen molar-refractivity contribution in [1.82, 2.24) is 4.57 Å². The zero-order valence-electron chi connectivity index (χ0n) is 12.6. The van der Waals surface area contributed by atoms with Crippen LogP contribution in [-0.2, 0) is 11.8 Å². The highest BCUT2D eigenvalue weighted by atomic mass is 35.5. The van der Waals surface area contributed by atoms with E-state index in [-0.39, 0.29) is 5.91 Å². The van der Waals surface area contributed by atoms with Crippen molar-refractivity contribution in [3.63, 3.8) is 0 Å². The third kappa shape index (κ3) is 3.39. The van der Waals surface area contributed by atoms with E-state index in [0.29, 0.717) is 24.7 Å². The van der Waals surface area contributed by atoms with Crippen molar-refractivity contribution in [3.05, 3.63) is 43.3 Å². The lowest BCUT2D eigenvalue weighted by Crippen LogP contribution is -2.13. The molecule has 0 aliphatic heterocycles. The molecule has 0 saturated carbocycles. The lowest BCUT2D eigenvalue weighted by Gasteiger charge is -2.01. The van der Waals surface area contributed by atoms with Gasteiger partial charge in [-0.05, 0) is 24.3 Å². The molecular weight excluding hydrogens is 389 g/mol. The topological polar surface area (TPSA) is 63.5 Å². The minimum Gasteiger partial charge on any atom is -0.326 e. The maximum Gasteiger partial charge on any atom is 0.282 e. The number of hydrogen-bond acceptors (Lipinski definition) is 4. The molecular formula is C15H11Cl2N3O2S2. The smallest absolute Gasteiger partial charge is 0.282 e. The summed E-state index contributed by atoms with van der Waals surface area (Å²) in [5.41, 5.74) is 1.90. The van der Waals surface area contributed by atoms with Crippen LogP contribution in [0.15, 0.2) is 29.3 Å². The van der Waals surface area contributed by atoms with Crippen molar-refractivity contribution in [1.29, 1.82) is 0 Å². The molecule has 1 aromatic carbocycles. The number of carbonyl (C=O) groups is 2. The third-order valence-corrected chi connectivity index (χ3v) is 5.80. The molecule has 0 atom stereocenters. The molecule has 0 bridgehead atoms. The number of aryl methyl sites for hydroxylation is 1. The summed E-state index contributed by atoms with van der Waals surface area (Å²) < 4.78 is 3.49. The first-order valence-electron chi connectivity index (χ1n) is 6.76.